The van der Waals surface area contributed by atoms with Crippen molar-refractivity contribution in [2.75, 3.05) is 0 Å². The van der Waals surface area contributed by atoms with E-state index in [1.54, 1.807) is 13.0 Å². The first kappa shape index (κ1) is 12.1. The van der Waals surface area contributed by atoms with Crippen LogP contribution in [0.15, 0.2) is 42.5 Å². The molecule has 2 atom stereocenters. The average molecular weight is 230 g/mol. The SMILES string of the molecule is Cc1ccc(CC(C)C2C=CC=CC2)cc1F. The van der Waals surface area contributed by atoms with Gasteiger partial charge in [-0.05, 0) is 48.8 Å². The predicted molar refractivity (Wildman–Crippen MR) is 70.4 cm³/mol. The molecule has 0 aliphatic heterocycles. The lowest BCUT2D eigenvalue weighted by molar-refractivity contribution is 0.426. The van der Waals surface area contributed by atoms with Gasteiger partial charge in [-0.15, -0.1) is 0 Å². The highest BCUT2D eigenvalue weighted by atomic mass is 19.1. The van der Waals surface area contributed by atoms with E-state index in [4.69, 9.17) is 0 Å². The molecule has 1 aromatic carbocycles. The van der Waals surface area contributed by atoms with Crippen LogP contribution < -0.4 is 0 Å². The molecule has 1 aromatic rings. The zero-order valence-electron chi connectivity index (χ0n) is 10.5. The quantitative estimate of drug-likeness (QED) is 0.720. The summed E-state index contributed by atoms with van der Waals surface area (Å²) in [5.74, 6) is 1.05. The van der Waals surface area contributed by atoms with Gasteiger partial charge in [0.05, 0.1) is 0 Å². The Morgan fingerprint density at radius 2 is 2.18 bits per heavy atom. The van der Waals surface area contributed by atoms with E-state index in [1.165, 1.54) is 0 Å². The molecular formula is C16H19F. The zero-order chi connectivity index (χ0) is 12.3. The Morgan fingerprint density at radius 1 is 1.35 bits per heavy atom. The topological polar surface area (TPSA) is 0 Å². The fourth-order valence-corrected chi connectivity index (χ4v) is 2.31. The molecule has 2 rings (SSSR count). The van der Waals surface area contributed by atoms with Crippen molar-refractivity contribution in [2.24, 2.45) is 11.8 Å². The summed E-state index contributed by atoms with van der Waals surface area (Å²) in [6.45, 7) is 4.04. The number of hydrogen-bond acceptors (Lipinski definition) is 0. The molecule has 0 saturated carbocycles. The van der Waals surface area contributed by atoms with Gasteiger partial charge < -0.3 is 0 Å². The molecule has 2 unspecified atom stereocenters. The van der Waals surface area contributed by atoms with Crippen LogP contribution in [0.3, 0.4) is 0 Å². The van der Waals surface area contributed by atoms with Crippen molar-refractivity contribution in [1.82, 2.24) is 0 Å². The first-order valence-electron chi connectivity index (χ1n) is 6.25. The summed E-state index contributed by atoms with van der Waals surface area (Å²) in [4.78, 5) is 0. The van der Waals surface area contributed by atoms with Gasteiger partial charge in [0.15, 0.2) is 0 Å². The Bertz CT molecular complexity index is 443. The minimum absolute atomic E-state index is 0.0891. The lowest BCUT2D eigenvalue weighted by Gasteiger charge is -2.21. The third kappa shape index (κ3) is 3.06. The first-order chi connectivity index (χ1) is 8.16. The predicted octanol–water partition coefficient (Wildman–Crippen LogP) is 4.45. The maximum atomic E-state index is 13.4. The molecule has 0 bridgehead atoms. The second-order valence-corrected chi connectivity index (χ2v) is 4.98. The van der Waals surface area contributed by atoms with Gasteiger partial charge in [0, 0.05) is 0 Å². The Hall–Kier alpha value is -1.37. The van der Waals surface area contributed by atoms with Crippen LogP contribution in [-0.2, 0) is 6.42 Å². The molecule has 0 fully saturated rings. The van der Waals surface area contributed by atoms with E-state index in [9.17, 15) is 4.39 Å². The Kier molecular flexibility index (Phi) is 3.78. The van der Waals surface area contributed by atoms with Crippen molar-refractivity contribution >= 4 is 0 Å². The van der Waals surface area contributed by atoms with E-state index in [-0.39, 0.29) is 5.82 Å². The molecule has 0 saturated heterocycles. The molecule has 0 heterocycles. The number of allylic oxidation sites excluding steroid dienone is 4. The maximum Gasteiger partial charge on any atom is 0.126 e. The molecular weight excluding hydrogens is 211 g/mol. The summed E-state index contributed by atoms with van der Waals surface area (Å²) in [7, 11) is 0. The highest BCUT2D eigenvalue weighted by Gasteiger charge is 2.15. The molecule has 90 valence electrons. The van der Waals surface area contributed by atoms with Crippen LogP contribution in [-0.4, -0.2) is 0 Å². The van der Waals surface area contributed by atoms with Crippen molar-refractivity contribution in [3.8, 4) is 0 Å². The van der Waals surface area contributed by atoms with Gasteiger partial charge in [-0.25, -0.2) is 4.39 Å². The number of aryl methyl sites for hydroxylation is 1. The highest BCUT2D eigenvalue weighted by molar-refractivity contribution is 5.24. The second kappa shape index (κ2) is 5.31. The smallest absolute Gasteiger partial charge is 0.126 e. The van der Waals surface area contributed by atoms with Gasteiger partial charge in [0.25, 0.3) is 0 Å². The number of hydrogen-bond donors (Lipinski definition) is 0. The van der Waals surface area contributed by atoms with Crippen LogP contribution in [0.2, 0.25) is 0 Å². The summed E-state index contributed by atoms with van der Waals surface area (Å²) in [5.41, 5.74) is 1.82. The minimum atomic E-state index is -0.0891. The van der Waals surface area contributed by atoms with Gasteiger partial charge in [0.1, 0.15) is 5.82 Å². The summed E-state index contributed by atoms with van der Waals surface area (Å²) in [6.07, 6.45) is 10.7. The lowest BCUT2D eigenvalue weighted by Crippen LogP contribution is -2.12. The van der Waals surface area contributed by atoms with Gasteiger partial charge in [-0.1, -0.05) is 43.4 Å². The van der Waals surface area contributed by atoms with E-state index < -0.39 is 0 Å². The van der Waals surface area contributed by atoms with Crippen molar-refractivity contribution in [3.05, 3.63) is 59.4 Å². The van der Waals surface area contributed by atoms with Gasteiger partial charge in [-0.2, -0.15) is 0 Å². The Labute approximate surface area is 103 Å². The number of rotatable bonds is 3. The Morgan fingerprint density at radius 3 is 2.82 bits per heavy atom. The van der Waals surface area contributed by atoms with Crippen molar-refractivity contribution in [2.45, 2.75) is 26.7 Å². The van der Waals surface area contributed by atoms with E-state index >= 15 is 0 Å². The van der Waals surface area contributed by atoms with Crippen LogP contribution in [0.1, 0.15) is 24.5 Å². The van der Waals surface area contributed by atoms with Gasteiger partial charge >= 0.3 is 0 Å². The van der Waals surface area contributed by atoms with Crippen LogP contribution in [0.4, 0.5) is 4.39 Å². The van der Waals surface area contributed by atoms with Crippen molar-refractivity contribution in [1.29, 1.82) is 0 Å². The molecule has 1 heteroatoms. The van der Waals surface area contributed by atoms with Crippen LogP contribution in [0.5, 0.6) is 0 Å². The van der Waals surface area contributed by atoms with Crippen molar-refractivity contribution in [3.63, 3.8) is 0 Å². The molecule has 1 aliphatic rings. The lowest BCUT2D eigenvalue weighted by atomic mass is 9.84. The summed E-state index contributed by atoms with van der Waals surface area (Å²) < 4.78 is 13.4. The molecule has 0 spiro atoms. The average Bonchev–Trinajstić information content (AvgIpc) is 2.35. The van der Waals surface area contributed by atoms with Gasteiger partial charge in [0.2, 0.25) is 0 Å². The first-order valence-corrected chi connectivity index (χ1v) is 6.25. The summed E-state index contributed by atoms with van der Waals surface area (Å²) in [5, 5.41) is 0. The Balaban J connectivity index is 2.02. The van der Waals surface area contributed by atoms with Crippen molar-refractivity contribution < 1.29 is 4.39 Å². The number of halogens is 1. The largest absolute Gasteiger partial charge is 0.207 e. The van der Waals surface area contributed by atoms with Gasteiger partial charge in [-0.3, -0.25) is 0 Å². The van der Waals surface area contributed by atoms with E-state index in [0.29, 0.717) is 11.8 Å². The summed E-state index contributed by atoms with van der Waals surface area (Å²) >= 11 is 0. The van der Waals surface area contributed by atoms with E-state index in [1.807, 2.05) is 12.1 Å². The summed E-state index contributed by atoms with van der Waals surface area (Å²) in [6, 6.07) is 5.58. The molecule has 0 nitrogen and oxygen atoms in total. The fourth-order valence-electron chi connectivity index (χ4n) is 2.31. The van der Waals surface area contributed by atoms with Crippen LogP contribution in [0, 0.1) is 24.6 Å². The fraction of sp³-hybridized carbons (Fsp3) is 0.375. The normalized spacial score (nSPS) is 20.5. The molecule has 0 aromatic heterocycles. The minimum Gasteiger partial charge on any atom is -0.207 e. The molecule has 0 amide bonds. The van der Waals surface area contributed by atoms with E-state index in [0.717, 1.165) is 24.0 Å². The third-order valence-corrected chi connectivity index (χ3v) is 3.54. The second-order valence-electron chi connectivity index (χ2n) is 4.98. The maximum absolute atomic E-state index is 13.4. The zero-order valence-corrected chi connectivity index (χ0v) is 10.5. The van der Waals surface area contributed by atoms with Crippen LogP contribution in [0.25, 0.3) is 0 Å². The highest BCUT2D eigenvalue weighted by Crippen LogP contribution is 2.25. The molecule has 1 aliphatic carbocycles. The molecule has 0 N–H and O–H groups in total. The monoisotopic (exact) mass is 230 g/mol. The molecule has 0 radical (unpaired) electrons. The molecule has 17 heavy (non-hydrogen) atoms. The van der Waals surface area contributed by atoms with Crippen LogP contribution >= 0.6 is 0 Å². The third-order valence-electron chi connectivity index (χ3n) is 3.54. The van der Waals surface area contributed by atoms with E-state index in [2.05, 4.69) is 31.2 Å². The number of benzene rings is 1. The standard InChI is InChI=1S/C16H19F/c1-12-8-9-14(11-16(12)17)10-13(2)15-6-4-3-5-7-15/h3-6,8-9,11,13,15H,7,10H2,1-2H3.